The second kappa shape index (κ2) is 6.88. The minimum Gasteiger partial charge on any atom is -0.267 e. The van der Waals surface area contributed by atoms with E-state index in [0.717, 1.165) is 17.7 Å². The first-order chi connectivity index (χ1) is 9.97. The number of amides is 1. The first kappa shape index (κ1) is 15.7. The minimum atomic E-state index is -0.122. The number of hydrogen-bond acceptors (Lipinski definition) is 2. The highest BCUT2D eigenvalue weighted by Crippen LogP contribution is 2.31. The summed E-state index contributed by atoms with van der Waals surface area (Å²) in [5.41, 5.74) is 5.71. The third kappa shape index (κ3) is 4.16. The van der Waals surface area contributed by atoms with Gasteiger partial charge in [-0.15, -0.1) is 0 Å². The van der Waals surface area contributed by atoms with E-state index in [2.05, 4.69) is 31.3 Å². The topological polar surface area (TPSA) is 41.5 Å². The second-order valence-corrected chi connectivity index (χ2v) is 6.65. The van der Waals surface area contributed by atoms with Gasteiger partial charge in [0.2, 0.25) is 0 Å². The standard InChI is InChI=1S/C18H26N2O/c1-12(2)16-10-7-14(4)11-17(16)19-20-18(21)15-8-5-13(3)6-9-15/h5-6,8-9,12,14,16H,7,10-11H2,1-4H3,(H,20,21)/b19-17-/t14-,16-/m1/s1. The lowest BCUT2D eigenvalue weighted by molar-refractivity contribution is 0.0954. The van der Waals surface area contributed by atoms with Gasteiger partial charge in [0.25, 0.3) is 5.91 Å². The van der Waals surface area contributed by atoms with Gasteiger partial charge < -0.3 is 0 Å². The number of carbonyl (C=O) groups is 1. The van der Waals surface area contributed by atoms with Crippen LogP contribution in [0.25, 0.3) is 0 Å². The Kier molecular flexibility index (Phi) is 5.16. The van der Waals surface area contributed by atoms with Crippen LogP contribution < -0.4 is 5.43 Å². The van der Waals surface area contributed by atoms with Gasteiger partial charge in [-0.3, -0.25) is 4.79 Å². The third-order valence-electron chi connectivity index (χ3n) is 4.38. The van der Waals surface area contributed by atoms with Gasteiger partial charge in [-0.25, -0.2) is 5.43 Å². The van der Waals surface area contributed by atoms with Gasteiger partial charge in [-0.1, -0.05) is 38.5 Å². The van der Waals surface area contributed by atoms with Crippen LogP contribution in [-0.2, 0) is 0 Å². The van der Waals surface area contributed by atoms with E-state index in [1.807, 2.05) is 31.2 Å². The van der Waals surface area contributed by atoms with Crippen molar-refractivity contribution in [2.24, 2.45) is 22.9 Å². The summed E-state index contributed by atoms with van der Waals surface area (Å²) in [5, 5.41) is 4.45. The first-order valence-electron chi connectivity index (χ1n) is 7.91. The number of rotatable bonds is 3. The highest BCUT2D eigenvalue weighted by Gasteiger charge is 2.27. The van der Waals surface area contributed by atoms with Crippen LogP contribution in [0.1, 0.15) is 56.0 Å². The Morgan fingerprint density at radius 1 is 1.24 bits per heavy atom. The zero-order valence-corrected chi connectivity index (χ0v) is 13.5. The maximum atomic E-state index is 12.1. The molecule has 1 aliphatic carbocycles. The van der Waals surface area contributed by atoms with Crippen LogP contribution in [0.5, 0.6) is 0 Å². The van der Waals surface area contributed by atoms with Crippen molar-refractivity contribution in [2.45, 2.75) is 47.0 Å². The predicted molar refractivity (Wildman–Crippen MR) is 87.4 cm³/mol. The molecule has 1 saturated carbocycles. The van der Waals surface area contributed by atoms with Crippen LogP contribution in [0, 0.1) is 24.7 Å². The van der Waals surface area contributed by atoms with Crippen LogP contribution in [0.15, 0.2) is 29.4 Å². The third-order valence-corrected chi connectivity index (χ3v) is 4.38. The molecule has 3 heteroatoms. The lowest BCUT2D eigenvalue weighted by atomic mass is 9.76. The second-order valence-electron chi connectivity index (χ2n) is 6.65. The van der Waals surface area contributed by atoms with Crippen molar-refractivity contribution >= 4 is 11.6 Å². The van der Waals surface area contributed by atoms with Gasteiger partial charge in [0.15, 0.2) is 0 Å². The summed E-state index contributed by atoms with van der Waals surface area (Å²) in [4.78, 5) is 12.1. The number of nitrogens with one attached hydrogen (secondary N) is 1. The Hall–Kier alpha value is -1.64. The van der Waals surface area contributed by atoms with Crippen LogP contribution in [-0.4, -0.2) is 11.6 Å². The van der Waals surface area contributed by atoms with Gasteiger partial charge in [-0.05, 0) is 50.2 Å². The molecule has 1 aliphatic rings. The van der Waals surface area contributed by atoms with Crippen LogP contribution in [0.2, 0.25) is 0 Å². The molecule has 114 valence electrons. The molecule has 0 spiro atoms. The molecular formula is C18H26N2O. The Balaban J connectivity index is 2.06. The summed E-state index contributed by atoms with van der Waals surface area (Å²) in [6.07, 6.45) is 3.43. The largest absolute Gasteiger partial charge is 0.271 e. The van der Waals surface area contributed by atoms with Gasteiger partial charge in [0.05, 0.1) is 0 Å². The van der Waals surface area contributed by atoms with E-state index in [-0.39, 0.29) is 5.91 Å². The van der Waals surface area contributed by atoms with Gasteiger partial charge in [0.1, 0.15) is 0 Å². The molecule has 1 amide bonds. The average Bonchev–Trinajstić information content (AvgIpc) is 2.45. The molecule has 0 saturated heterocycles. The number of benzene rings is 1. The molecule has 0 bridgehead atoms. The Morgan fingerprint density at radius 2 is 1.90 bits per heavy atom. The molecule has 0 aliphatic heterocycles. The molecule has 0 unspecified atom stereocenters. The molecule has 2 atom stereocenters. The Bertz CT molecular complexity index is 517. The summed E-state index contributed by atoms with van der Waals surface area (Å²) >= 11 is 0. The van der Waals surface area contributed by atoms with Crippen molar-refractivity contribution in [2.75, 3.05) is 0 Å². The lowest BCUT2D eigenvalue weighted by Gasteiger charge is -2.30. The van der Waals surface area contributed by atoms with Gasteiger partial charge in [0, 0.05) is 17.2 Å². The Labute approximate surface area is 127 Å². The van der Waals surface area contributed by atoms with Crippen molar-refractivity contribution in [1.29, 1.82) is 0 Å². The highest BCUT2D eigenvalue weighted by atomic mass is 16.2. The molecule has 21 heavy (non-hydrogen) atoms. The summed E-state index contributed by atoms with van der Waals surface area (Å²) in [5.74, 6) is 1.62. The lowest BCUT2D eigenvalue weighted by Crippen LogP contribution is -2.31. The molecule has 1 aromatic rings. The van der Waals surface area contributed by atoms with Crippen LogP contribution in [0.3, 0.4) is 0 Å². The highest BCUT2D eigenvalue weighted by molar-refractivity contribution is 5.96. The smallest absolute Gasteiger partial charge is 0.267 e. The summed E-state index contributed by atoms with van der Waals surface area (Å²) < 4.78 is 0. The monoisotopic (exact) mass is 286 g/mol. The minimum absolute atomic E-state index is 0.122. The number of aryl methyl sites for hydroxylation is 1. The van der Waals surface area contributed by atoms with Crippen LogP contribution in [0.4, 0.5) is 0 Å². The van der Waals surface area contributed by atoms with Crippen molar-refractivity contribution < 1.29 is 4.79 Å². The summed E-state index contributed by atoms with van der Waals surface area (Å²) in [6, 6.07) is 7.58. The molecule has 1 N–H and O–H groups in total. The molecule has 0 radical (unpaired) electrons. The normalized spacial score (nSPS) is 24.3. The predicted octanol–water partition coefficient (Wildman–Crippen LogP) is 4.17. The Morgan fingerprint density at radius 3 is 2.52 bits per heavy atom. The van der Waals surface area contributed by atoms with Gasteiger partial charge >= 0.3 is 0 Å². The van der Waals surface area contributed by atoms with E-state index in [9.17, 15) is 4.79 Å². The van der Waals surface area contributed by atoms with Crippen molar-refractivity contribution in [3.8, 4) is 0 Å². The zero-order valence-electron chi connectivity index (χ0n) is 13.5. The average molecular weight is 286 g/mol. The van der Waals surface area contributed by atoms with Crippen LogP contribution >= 0.6 is 0 Å². The quantitative estimate of drug-likeness (QED) is 0.832. The zero-order chi connectivity index (χ0) is 15.4. The van der Waals surface area contributed by atoms with E-state index in [4.69, 9.17) is 0 Å². The van der Waals surface area contributed by atoms with Crippen molar-refractivity contribution in [1.82, 2.24) is 5.43 Å². The fraction of sp³-hybridized carbons (Fsp3) is 0.556. The molecule has 1 fully saturated rings. The van der Waals surface area contributed by atoms with E-state index >= 15 is 0 Å². The maximum Gasteiger partial charge on any atom is 0.271 e. The number of hydrazone groups is 1. The first-order valence-corrected chi connectivity index (χ1v) is 7.91. The van der Waals surface area contributed by atoms with Crippen molar-refractivity contribution in [3.05, 3.63) is 35.4 Å². The van der Waals surface area contributed by atoms with Gasteiger partial charge in [-0.2, -0.15) is 5.10 Å². The van der Waals surface area contributed by atoms with E-state index in [0.29, 0.717) is 23.3 Å². The SMILES string of the molecule is Cc1ccc(C(=O)N/N=C2/C[C@H](C)CC[C@@H]2C(C)C)cc1. The number of carbonyl (C=O) groups excluding carboxylic acids is 1. The molecule has 3 nitrogen and oxygen atoms in total. The fourth-order valence-corrected chi connectivity index (χ4v) is 2.98. The van der Waals surface area contributed by atoms with E-state index in [1.165, 1.54) is 12.8 Å². The maximum absolute atomic E-state index is 12.1. The molecular weight excluding hydrogens is 260 g/mol. The number of hydrogen-bond donors (Lipinski definition) is 1. The fourth-order valence-electron chi connectivity index (χ4n) is 2.98. The molecule has 1 aromatic carbocycles. The van der Waals surface area contributed by atoms with E-state index in [1.54, 1.807) is 0 Å². The molecule has 0 heterocycles. The number of nitrogens with zero attached hydrogens (tertiary/aromatic N) is 1. The molecule has 0 aromatic heterocycles. The van der Waals surface area contributed by atoms with E-state index < -0.39 is 0 Å². The molecule has 2 rings (SSSR count). The summed E-state index contributed by atoms with van der Waals surface area (Å²) in [6.45, 7) is 8.74. The summed E-state index contributed by atoms with van der Waals surface area (Å²) in [7, 11) is 0. The van der Waals surface area contributed by atoms with Crippen molar-refractivity contribution in [3.63, 3.8) is 0 Å².